The van der Waals surface area contributed by atoms with Crippen LogP contribution in [0.25, 0.3) is 0 Å². The van der Waals surface area contributed by atoms with Gasteiger partial charge in [-0.25, -0.2) is 4.68 Å². The van der Waals surface area contributed by atoms with Crippen LogP contribution in [0.4, 0.5) is 0 Å². The van der Waals surface area contributed by atoms with Gasteiger partial charge in [0, 0.05) is 26.7 Å². The Hall–Kier alpha value is -1.41. The minimum absolute atomic E-state index is 0.342. The number of benzene rings is 1. The zero-order valence-electron chi connectivity index (χ0n) is 18.5. The number of likely N-dealkylation sites (tertiary alicyclic amines) is 2. The van der Waals surface area contributed by atoms with Gasteiger partial charge in [0.2, 0.25) is 0 Å². The maximum atomic E-state index is 6.19. The fourth-order valence-corrected chi connectivity index (χ4v) is 5.03. The van der Waals surface area contributed by atoms with Gasteiger partial charge in [-0.05, 0) is 69.0 Å². The van der Waals surface area contributed by atoms with E-state index in [4.69, 9.17) is 33.7 Å². The molecule has 2 fully saturated rings. The van der Waals surface area contributed by atoms with E-state index >= 15 is 0 Å². The predicted molar refractivity (Wildman–Crippen MR) is 127 cm³/mol. The summed E-state index contributed by atoms with van der Waals surface area (Å²) in [4.78, 5) is 5.17. The second-order valence-corrected chi connectivity index (χ2v) is 9.67. The van der Waals surface area contributed by atoms with Gasteiger partial charge in [-0.3, -0.25) is 4.90 Å². The molecule has 3 heterocycles. The minimum Gasteiger partial charge on any atom is -0.484 e. The highest BCUT2D eigenvalue weighted by molar-refractivity contribution is 7.71. The van der Waals surface area contributed by atoms with Crippen molar-refractivity contribution >= 4 is 23.8 Å². The van der Waals surface area contributed by atoms with E-state index in [-0.39, 0.29) is 0 Å². The number of halogens is 1. The summed E-state index contributed by atoms with van der Waals surface area (Å²) in [5, 5.41) is 5.33. The first kappa shape index (κ1) is 22.8. The van der Waals surface area contributed by atoms with E-state index in [1.54, 1.807) is 0 Å². The molecule has 0 amide bonds. The predicted octanol–water partition coefficient (Wildman–Crippen LogP) is 4.73. The molecule has 2 aromatic rings. The smallest absolute Gasteiger partial charge is 0.198 e. The van der Waals surface area contributed by atoms with Crippen LogP contribution in [0.1, 0.15) is 44.3 Å². The first-order valence-corrected chi connectivity index (χ1v) is 12.3. The average molecular weight is 464 g/mol. The maximum Gasteiger partial charge on any atom is 0.198 e. The van der Waals surface area contributed by atoms with Crippen LogP contribution in [0.5, 0.6) is 5.75 Å². The normalized spacial score (nSPS) is 19.4. The Morgan fingerprint density at radius 2 is 1.74 bits per heavy atom. The monoisotopic (exact) mass is 463 g/mol. The summed E-state index contributed by atoms with van der Waals surface area (Å²) >= 11 is 11.8. The lowest BCUT2D eigenvalue weighted by atomic mass is 9.96. The number of piperidine rings is 1. The Labute approximate surface area is 195 Å². The second kappa shape index (κ2) is 10.9. The summed E-state index contributed by atoms with van der Waals surface area (Å²) in [5.41, 5.74) is 0. The molecule has 0 unspecified atom stereocenters. The number of rotatable bonds is 7. The minimum atomic E-state index is 0.342. The van der Waals surface area contributed by atoms with Crippen LogP contribution >= 0.6 is 23.8 Å². The Bertz CT molecular complexity index is 898. The fourth-order valence-electron chi connectivity index (χ4n) is 4.64. The van der Waals surface area contributed by atoms with Crippen molar-refractivity contribution in [2.45, 2.75) is 51.8 Å². The van der Waals surface area contributed by atoms with Crippen LogP contribution in [0.15, 0.2) is 24.3 Å². The van der Waals surface area contributed by atoms with E-state index in [1.165, 1.54) is 58.2 Å². The molecule has 31 heavy (non-hydrogen) atoms. The molecule has 0 N–H and O–H groups in total. The SMILES string of the molecule is Cn1c(COc2ccccc2Cl)nn(CN2CCC(CN3CCCCCC3)CC2)c1=S. The Kier molecular flexibility index (Phi) is 8.04. The van der Waals surface area contributed by atoms with Gasteiger partial charge in [0.05, 0.1) is 11.7 Å². The number of hydrogen-bond donors (Lipinski definition) is 0. The lowest BCUT2D eigenvalue weighted by Crippen LogP contribution is -2.40. The standard InChI is InChI=1S/C23H34ClN5OS/c1-26-22(17-30-21-9-5-4-8-20(21)24)25-29(23(26)31)18-28-14-10-19(11-15-28)16-27-12-6-2-3-7-13-27/h4-5,8-9,19H,2-3,6-7,10-18H2,1H3. The van der Waals surface area contributed by atoms with Crippen molar-refractivity contribution in [2.75, 3.05) is 32.7 Å². The Morgan fingerprint density at radius 1 is 1.03 bits per heavy atom. The summed E-state index contributed by atoms with van der Waals surface area (Å²) in [5.74, 6) is 2.29. The van der Waals surface area contributed by atoms with Gasteiger partial charge < -0.3 is 14.2 Å². The van der Waals surface area contributed by atoms with Gasteiger partial charge in [0.1, 0.15) is 12.4 Å². The van der Waals surface area contributed by atoms with E-state index in [2.05, 4.69) is 9.80 Å². The molecule has 1 aromatic heterocycles. The molecule has 0 atom stereocenters. The quantitative estimate of drug-likeness (QED) is 0.555. The van der Waals surface area contributed by atoms with E-state index in [0.29, 0.717) is 17.4 Å². The number of para-hydroxylation sites is 1. The van der Waals surface area contributed by atoms with Crippen molar-refractivity contribution in [1.29, 1.82) is 0 Å². The number of aromatic nitrogens is 3. The zero-order chi connectivity index (χ0) is 21.6. The van der Waals surface area contributed by atoms with E-state index in [1.807, 2.05) is 40.6 Å². The fraction of sp³-hybridized carbons (Fsp3) is 0.652. The first-order chi connectivity index (χ1) is 15.1. The van der Waals surface area contributed by atoms with Gasteiger partial charge in [-0.1, -0.05) is 36.6 Å². The molecule has 1 aromatic carbocycles. The third-order valence-electron chi connectivity index (χ3n) is 6.58. The van der Waals surface area contributed by atoms with Gasteiger partial charge >= 0.3 is 0 Å². The van der Waals surface area contributed by atoms with Crippen molar-refractivity contribution in [3.63, 3.8) is 0 Å². The third kappa shape index (κ3) is 6.09. The molecule has 8 heteroatoms. The lowest BCUT2D eigenvalue weighted by Gasteiger charge is -2.34. The van der Waals surface area contributed by atoms with Gasteiger partial charge in [-0.2, -0.15) is 5.10 Å². The molecule has 0 saturated carbocycles. The van der Waals surface area contributed by atoms with Crippen molar-refractivity contribution in [3.05, 3.63) is 39.9 Å². The van der Waals surface area contributed by atoms with E-state index < -0.39 is 0 Å². The van der Waals surface area contributed by atoms with Crippen LogP contribution in [-0.4, -0.2) is 56.9 Å². The molecule has 0 spiro atoms. The summed E-state index contributed by atoms with van der Waals surface area (Å²) in [6.07, 6.45) is 8.09. The Balaban J connectivity index is 1.28. The molecule has 0 aliphatic carbocycles. The molecule has 4 rings (SSSR count). The van der Waals surface area contributed by atoms with Crippen molar-refractivity contribution in [2.24, 2.45) is 13.0 Å². The van der Waals surface area contributed by atoms with Crippen molar-refractivity contribution in [1.82, 2.24) is 24.1 Å². The molecule has 6 nitrogen and oxygen atoms in total. The second-order valence-electron chi connectivity index (χ2n) is 8.89. The highest BCUT2D eigenvalue weighted by Gasteiger charge is 2.23. The topological polar surface area (TPSA) is 38.5 Å². The summed E-state index contributed by atoms with van der Waals surface area (Å²) < 4.78 is 10.4. The maximum absolute atomic E-state index is 6.19. The molecule has 2 saturated heterocycles. The highest BCUT2D eigenvalue weighted by atomic mass is 35.5. The van der Waals surface area contributed by atoms with Gasteiger partial charge in [0.25, 0.3) is 0 Å². The van der Waals surface area contributed by atoms with Crippen molar-refractivity contribution in [3.8, 4) is 5.75 Å². The van der Waals surface area contributed by atoms with Gasteiger partial charge in [0.15, 0.2) is 10.6 Å². The van der Waals surface area contributed by atoms with Gasteiger partial charge in [-0.15, -0.1) is 0 Å². The lowest BCUT2D eigenvalue weighted by molar-refractivity contribution is 0.116. The average Bonchev–Trinajstić information content (AvgIpc) is 2.94. The van der Waals surface area contributed by atoms with E-state index in [0.717, 1.165) is 36.3 Å². The Morgan fingerprint density at radius 3 is 2.45 bits per heavy atom. The van der Waals surface area contributed by atoms with Crippen LogP contribution in [0.2, 0.25) is 5.02 Å². The van der Waals surface area contributed by atoms with Crippen LogP contribution in [0.3, 0.4) is 0 Å². The zero-order valence-corrected chi connectivity index (χ0v) is 20.1. The molecule has 2 aliphatic rings. The molecule has 0 radical (unpaired) electrons. The summed E-state index contributed by atoms with van der Waals surface area (Å²) in [6, 6.07) is 7.49. The third-order valence-corrected chi connectivity index (χ3v) is 7.38. The molecular weight excluding hydrogens is 430 g/mol. The molecular formula is C23H34ClN5OS. The largest absolute Gasteiger partial charge is 0.484 e. The number of ether oxygens (including phenoxy) is 1. The highest BCUT2D eigenvalue weighted by Crippen LogP contribution is 2.24. The summed E-state index contributed by atoms with van der Waals surface area (Å²) in [7, 11) is 1.95. The van der Waals surface area contributed by atoms with E-state index in [9.17, 15) is 0 Å². The number of nitrogens with zero attached hydrogens (tertiary/aromatic N) is 5. The molecule has 170 valence electrons. The van der Waals surface area contributed by atoms with Crippen molar-refractivity contribution < 1.29 is 4.74 Å². The molecule has 0 bridgehead atoms. The van der Waals surface area contributed by atoms with Crippen LogP contribution in [-0.2, 0) is 20.3 Å². The number of hydrogen-bond acceptors (Lipinski definition) is 5. The summed E-state index contributed by atoms with van der Waals surface area (Å²) in [6.45, 7) is 7.18. The van der Waals surface area contributed by atoms with Crippen LogP contribution < -0.4 is 4.74 Å². The molecule has 2 aliphatic heterocycles. The van der Waals surface area contributed by atoms with Crippen LogP contribution in [0, 0.1) is 10.7 Å². The first-order valence-electron chi connectivity index (χ1n) is 11.5.